The van der Waals surface area contributed by atoms with Crippen LogP contribution in [0.5, 0.6) is 0 Å². The largest absolute Gasteiger partial charge is 0.308 e. The lowest BCUT2D eigenvalue weighted by Gasteiger charge is -2.18. The molecule has 1 aliphatic heterocycles. The maximum Gasteiger partial charge on any atom is 0.141 e. The van der Waals surface area contributed by atoms with E-state index in [2.05, 4.69) is 17.2 Å². The molecule has 0 bridgehead atoms. The van der Waals surface area contributed by atoms with E-state index in [0.29, 0.717) is 0 Å². The first kappa shape index (κ1) is 12.8. The average Bonchev–Trinajstić information content (AvgIpc) is 2.85. The van der Waals surface area contributed by atoms with E-state index in [-0.39, 0.29) is 11.9 Å². The Morgan fingerprint density at radius 1 is 1.59 bits per heavy atom. The summed E-state index contributed by atoms with van der Waals surface area (Å²) in [5.41, 5.74) is 0.942. The highest BCUT2D eigenvalue weighted by molar-refractivity contribution is 8.00. The monoisotopic (exact) mass is 254 g/mol. The highest BCUT2D eigenvalue weighted by Gasteiger charge is 2.17. The van der Waals surface area contributed by atoms with Crippen LogP contribution in [0.15, 0.2) is 18.3 Å². The number of hydrogen-bond acceptors (Lipinski definition) is 3. The first-order valence-electron chi connectivity index (χ1n) is 6.26. The van der Waals surface area contributed by atoms with Crippen molar-refractivity contribution in [1.29, 1.82) is 0 Å². The zero-order valence-electron chi connectivity index (χ0n) is 10.2. The van der Waals surface area contributed by atoms with Gasteiger partial charge in [0, 0.05) is 17.8 Å². The molecular weight excluding hydrogens is 235 g/mol. The Balaban J connectivity index is 1.89. The highest BCUT2D eigenvalue weighted by Crippen LogP contribution is 2.26. The molecule has 1 aliphatic rings. The van der Waals surface area contributed by atoms with Gasteiger partial charge in [-0.3, -0.25) is 4.98 Å². The maximum atomic E-state index is 12.8. The van der Waals surface area contributed by atoms with Gasteiger partial charge in [0.05, 0.1) is 11.9 Å². The number of nitrogens with zero attached hydrogens (tertiary/aromatic N) is 1. The standard InChI is InChI=1S/C13H19FN2S/c1-2-12(13-6-5-10(14)8-15-13)16-9-11-4-3-7-17-11/h5-6,8,11-12,16H,2-4,7,9H2,1H3. The van der Waals surface area contributed by atoms with E-state index in [0.717, 1.165) is 23.9 Å². The summed E-state index contributed by atoms with van der Waals surface area (Å²) in [5, 5.41) is 4.28. The maximum absolute atomic E-state index is 12.8. The van der Waals surface area contributed by atoms with Crippen LogP contribution in [0.3, 0.4) is 0 Å². The Morgan fingerprint density at radius 3 is 3.06 bits per heavy atom. The van der Waals surface area contributed by atoms with Crippen LogP contribution >= 0.6 is 11.8 Å². The van der Waals surface area contributed by atoms with Gasteiger partial charge < -0.3 is 5.32 Å². The van der Waals surface area contributed by atoms with E-state index in [1.54, 1.807) is 6.07 Å². The molecule has 1 aromatic heterocycles. The number of halogens is 1. The SMILES string of the molecule is CCC(NCC1CCCS1)c1ccc(F)cn1. The van der Waals surface area contributed by atoms with E-state index in [1.807, 2.05) is 11.8 Å². The van der Waals surface area contributed by atoms with Crippen LogP contribution in [0, 0.1) is 5.82 Å². The third-order valence-electron chi connectivity index (χ3n) is 3.13. The van der Waals surface area contributed by atoms with Crippen molar-refractivity contribution in [2.45, 2.75) is 37.5 Å². The molecule has 2 nitrogen and oxygen atoms in total. The topological polar surface area (TPSA) is 24.9 Å². The molecule has 0 spiro atoms. The molecular formula is C13H19FN2S. The van der Waals surface area contributed by atoms with Gasteiger partial charge in [0.2, 0.25) is 0 Å². The Hall–Kier alpha value is -0.610. The van der Waals surface area contributed by atoms with Crippen LogP contribution in [-0.2, 0) is 0 Å². The molecule has 0 radical (unpaired) electrons. The molecule has 1 N–H and O–H groups in total. The summed E-state index contributed by atoms with van der Waals surface area (Å²) < 4.78 is 12.8. The van der Waals surface area contributed by atoms with Gasteiger partial charge in [-0.1, -0.05) is 6.92 Å². The number of nitrogens with one attached hydrogen (secondary N) is 1. The van der Waals surface area contributed by atoms with Crippen molar-refractivity contribution in [2.75, 3.05) is 12.3 Å². The fourth-order valence-corrected chi connectivity index (χ4v) is 3.34. The summed E-state index contributed by atoms with van der Waals surface area (Å²) in [6.45, 7) is 3.16. The second-order valence-corrected chi connectivity index (χ2v) is 5.81. The number of thioether (sulfide) groups is 1. The summed E-state index contributed by atoms with van der Waals surface area (Å²) in [6, 6.07) is 3.51. The van der Waals surface area contributed by atoms with Crippen molar-refractivity contribution >= 4 is 11.8 Å². The number of hydrogen-bond donors (Lipinski definition) is 1. The predicted molar refractivity (Wildman–Crippen MR) is 70.7 cm³/mol. The number of aromatic nitrogens is 1. The van der Waals surface area contributed by atoms with Gasteiger partial charge in [0.1, 0.15) is 5.82 Å². The lowest BCUT2D eigenvalue weighted by Crippen LogP contribution is -2.28. The van der Waals surface area contributed by atoms with Crippen molar-refractivity contribution in [3.8, 4) is 0 Å². The summed E-state index contributed by atoms with van der Waals surface area (Å²) in [4.78, 5) is 4.15. The molecule has 2 unspecified atom stereocenters. The quantitative estimate of drug-likeness (QED) is 0.873. The van der Waals surface area contributed by atoms with Crippen molar-refractivity contribution in [3.05, 3.63) is 29.8 Å². The van der Waals surface area contributed by atoms with Gasteiger partial charge in [-0.15, -0.1) is 0 Å². The minimum Gasteiger partial charge on any atom is -0.308 e. The van der Waals surface area contributed by atoms with Crippen molar-refractivity contribution in [2.24, 2.45) is 0 Å². The average molecular weight is 254 g/mol. The number of rotatable bonds is 5. The highest BCUT2D eigenvalue weighted by atomic mass is 32.2. The van der Waals surface area contributed by atoms with Crippen LogP contribution in [0.4, 0.5) is 4.39 Å². The zero-order chi connectivity index (χ0) is 12.1. The van der Waals surface area contributed by atoms with E-state index in [9.17, 15) is 4.39 Å². The third kappa shape index (κ3) is 3.68. The molecule has 17 heavy (non-hydrogen) atoms. The zero-order valence-corrected chi connectivity index (χ0v) is 11.0. The molecule has 2 heterocycles. The summed E-state index contributed by atoms with van der Waals surface area (Å²) in [5.74, 6) is 1.02. The molecule has 1 fully saturated rings. The molecule has 2 rings (SSSR count). The summed E-state index contributed by atoms with van der Waals surface area (Å²) in [6.07, 6.45) is 4.92. The molecule has 1 aromatic rings. The first-order valence-corrected chi connectivity index (χ1v) is 7.31. The van der Waals surface area contributed by atoms with Gasteiger partial charge in [-0.2, -0.15) is 11.8 Å². The van der Waals surface area contributed by atoms with Gasteiger partial charge in [0.25, 0.3) is 0 Å². The molecule has 94 valence electrons. The lowest BCUT2D eigenvalue weighted by molar-refractivity contribution is 0.499. The second kappa shape index (κ2) is 6.36. The van der Waals surface area contributed by atoms with Gasteiger partial charge in [-0.25, -0.2) is 4.39 Å². The minimum atomic E-state index is -0.269. The molecule has 0 aromatic carbocycles. The van der Waals surface area contributed by atoms with E-state index < -0.39 is 0 Å². The van der Waals surface area contributed by atoms with E-state index >= 15 is 0 Å². The van der Waals surface area contributed by atoms with E-state index in [1.165, 1.54) is 30.9 Å². The van der Waals surface area contributed by atoms with Crippen LogP contribution in [-0.4, -0.2) is 22.5 Å². The normalized spacial score (nSPS) is 21.6. The summed E-state index contributed by atoms with van der Waals surface area (Å²) >= 11 is 2.05. The van der Waals surface area contributed by atoms with Crippen LogP contribution < -0.4 is 5.32 Å². The fraction of sp³-hybridized carbons (Fsp3) is 0.615. The Kier molecular flexibility index (Phi) is 4.80. The first-order chi connectivity index (χ1) is 8.29. The van der Waals surface area contributed by atoms with Gasteiger partial charge in [0.15, 0.2) is 0 Å². The Bertz CT molecular complexity index is 336. The number of pyridine rings is 1. The predicted octanol–water partition coefficient (Wildman–Crippen LogP) is 3.16. The van der Waals surface area contributed by atoms with Crippen LogP contribution in [0.2, 0.25) is 0 Å². The molecule has 0 amide bonds. The van der Waals surface area contributed by atoms with Crippen LogP contribution in [0.1, 0.15) is 37.9 Å². The van der Waals surface area contributed by atoms with Gasteiger partial charge in [-0.05, 0) is 37.1 Å². The van der Waals surface area contributed by atoms with Crippen LogP contribution in [0.25, 0.3) is 0 Å². The van der Waals surface area contributed by atoms with Crippen molar-refractivity contribution < 1.29 is 4.39 Å². The lowest BCUT2D eigenvalue weighted by atomic mass is 10.1. The summed E-state index contributed by atoms with van der Waals surface area (Å²) in [7, 11) is 0. The second-order valence-electron chi connectivity index (χ2n) is 4.41. The molecule has 0 aliphatic carbocycles. The van der Waals surface area contributed by atoms with Crippen molar-refractivity contribution in [3.63, 3.8) is 0 Å². The van der Waals surface area contributed by atoms with Gasteiger partial charge >= 0.3 is 0 Å². The minimum absolute atomic E-state index is 0.247. The smallest absolute Gasteiger partial charge is 0.141 e. The van der Waals surface area contributed by atoms with E-state index in [4.69, 9.17) is 0 Å². The molecule has 0 saturated carbocycles. The molecule has 1 saturated heterocycles. The van der Waals surface area contributed by atoms with Crippen molar-refractivity contribution in [1.82, 2.24) is 10.3 Å². The molecule has 2 atom stereocenters. The fourth-order valence-electron chi connectivity index (χ4n) is 2.13. The Labute approximate surface area is 106 Å². The molecule has 4 heteroatoms. The Morgan fingerprint density at radius 2 is 2.47 bits per heavy atom. The third-order valence-corrected chi connectivity index (χ3v) is 4.53.